The van der Waals surface area contributed by atoms with Crippen LogP contribution in [0.1, 0.15) is 41.5 Å². The van der Waals surface area contributed by atoms with Crippen molar-refractivity contribution in [3.05, 3.63) is 52.8 Å². The Morgan fingerprint density at radius 1 is 1.27 bits per heavy atom. The normalized spacial score (nSPS) is 17.8. The first kappa shape index (κ1) is 18.5. The molecule has 5 nitrogen and oxygen atoms in total. The Labute approximate surface area is 157 Å². The second-order valence-electron chi connectivity index (χ2n) is 7.36. The Morgan fingerprint density at radius 2 is 2.04 bits per heavy atom. The van der Waals surface area contributed by atoms with Crippen molar-refractivity contribution >= 4 is 5.96 Å². The number of likely N-dealkylation sites (tertiary alicyclic amines) is 1. The number of nitrogens with one attached hydrogen (secondary N) is 1. The average molecular weight is 354 g/mol. The van der Waals surface area contributed by atoms with E-state index in [2.05, 4.69) is 60.5 Å². The van der Waals surface area contributed by atoms with Gasteiger partial charge in [-0.05, 0) is 44.7 Å². The minimum absolute atomic E-state index is 0.548. The number of aliphatic imine (C=N–C) groups is 1. The van der Waals surface area contributed by atoms with Crippen LogP contribution in [0.3, 0.4) is 0 Å². The zero-order valence-electron chi connectivity index (χ0n) is 16.5. The van der Waals surface area contributed by atoms with Gasteiger partial charge in [0.25, 0.3) is 0 Å². The van der Waals surface area contributed by atoms with Crippen molar-refractivity contribution in [2.24, 2.45) is 12.0 Å². The van der Waals surface area contributed by atoms with Gasteiger partial charge in [0.05, 0.1) is 6.20 Å². The van der Waals surface area contributed by atoms with E-state index in [1.165, 1.54) is 22.3 Å². The Hall–Kier alpha value is -2.30. The molecule has 0 amide bonds. The quantitative estimate of drug-likeness (QED) is 0.664. The van der Waals surface area contributed by atoms with Gasteiger partial charge < -0.3 is 10.2 Å². The lowest BCUT2D eigenvalue weighted by molar-refractivity contribution is 0.486. The largest absolute Gasteiger partial charge is 0.357 e. The highest BCUT2D eigenvalue weighted by Crippen LogP contribution is 2.26. The van der Waals surface area contributed by atoms with Crippen molar-refractivity contribution < 1.29 is 0 Å². The predicted octanol–water partition coefficient (Wildman–Crippen LogP) is 3.03. The van der Waals surface area contributed by atoms with E-state index in [-0.39, 0.29) is 0 Å². The minimum atomic E-state index is 0.548. The molecule has 0 aliphatic carbocycles. The lowest BCUT2D eigenvalue weighted by Crippen LogP contribution is -2.40. The van der Waals surface area contributed by atoms with Gasteiger partial charge in [-0.2, -0.15) is 5.10 Å². The fourth-order valence-electron chi connectivity index (χ4n) is 3.81. The summed E-state index contributed by atoms with van der Waals surface area (Å²) in [5.41, 5.74) is 5.36. The van der Waals surface area contributed by atoms with Crippen LogP contribution in [0.5, 0.6) is 0 Å². The zero-order chi connectivity index (χ0) is 18.5. The molecular weight excluding hydrogens is 322 g/mol. The van der Waals surface area contributed by atoms with Gasteiger partial charge in [0.1, 0.15) is 0 Å². The van der Waals surface area contributed by atoms with Crippen LogP contribution >= 0.6 is 0 Å². The predicted molar refractivity (Wildman–Crippen MR) is 108 cm³/mol. The first-order valence-corrected chi connectivity index (χ1v) is 9.64. The number of aromatic nitrogens is 2. The van der Waals surface area contributed by atoms with E-state index in [1.807, 2.05) is 17.9 Å². The summed E-state index contributed by atoms with van der Waals surface area (Å²) in [6.07, 6.45) is 6.28. The fraction of sp³-hybridized carbons (Fsp3) is 0.524. The molecule has 1 fully saturated rings. The molecular formula is C21H31N5. The minimum Gasteiger partial charge on any atom is -0.357 e. The summed E-state index contributed by atoms with van der Waals surface area (Å²) < 4.78 is 1.89. The summed E-state index contributed by atoms with van der Waals surface area (Å²) in [6, 6.07) is 6.76. The Balaban J connectivity index is 1.62. The van der Waals surface area contributed by atoms with Crippen molar-refractivity contribution in [1.82, 2.24) is 20.0 Å². The molecule has 26 heavy (non-hydrogen) atoms. The van der Waals surface area contributed by atoms with E-state index < -0.39 is 0 Å². The molecule has 140 valence electrons. The molecule has 1 aliphatic heterocycles. The molecule has 5 heteroatoms. The number of benzene rings is 1. The summed E-state index contributed by atoms with van der Waals surface area (Å²) in [5.74, 6) is 1.59. The SMILES string of the molecule is CCNC(=NCCc1cc(C)cc(C)c1)N1CCC(c2cnn(C)c2)C1. The molecule has 2 heterocycles. The van der Waals surface area contributed by atoms with Crippen LogP contribution in [0.15, 0.2) is 35.6 Å². The van der Waals surface area contributed by atoms with Crippen LogP contribution in [0.25, 0.3) is 0 Å². The number of hydrogen-bond donors (Lipinski definition) is 1. The van der Waals surface area contributed by atoms with Crippen molar-refractivity contribution in [2.45, 2.75) is 39.5 Å². The topological polar surface area (TPSA) is 45.5 Å². The van der Waals surface area contributed by atoms with E-state index in [9.17, 15) is 0 Å². The molecule has 1 aromatic carbocycles. The van der Waals surface area contributed by atoms with E-state index in [0.717, 1.165) is 45.0 Å². The molecule has 2 aromatic rings. The molecule has 1 aromatic heterocycles. The number of rotatable bonds is 5. The molecule has 0 spiro atoms. The third-order valence-electron chi connectivity index (χ3n) is 4.96. The Bertz CT molecular complexity index is 741. The smallest absolute Gasteiger partial charge is 0.193 e. The van der Waals surface area contributed by atoms with E-state index in [0.29, 0.717) is 5.92 Å². The number of guanidine groups is 1. The monoisotopic (exact) mass is 353 g/mol. The van der Waals surface area contributed by atoms with Gasteiger partial charge in [-0.25, -0.2) is 0 Å². The third-order valence-corrected chi connectivity index (χ3v) is 4.96. The van der Waals surface area contributed by atoms with Crippen molar-refractivity contribution in [2.75, 3.05) is 26.2 Å². The molecule has 1 unspecified atom stereocenters. The first-order valence-electron chi connectivity index (χ1n) is 9.64. The zero-order valence-corrected chi connectivity index (χ0v) is 16.5. The van der Waals surface area contributed by atoms with Crippen LogP contribution in [-0.4, -0.2) is 46.8 Å². The Morgan fingerprint density at radius 3 is 2.69 bits per heavy atom. The third kappa shape index (κ3) is 4.65. The summed E-state index contributed by atoms with van der Waals surface area (Å²) in [5, 5.41) is 7.78. The average Bonchev–Trinajstić information content (AvgIpc) is 3.22. The molecule has 1 atom stereocenters. The van der Waals surface area contributed by atoms with Gasteiger partial charge in [-0.15, -0.1) is 0 Å². The lowest BCUT2D eigenvalue weighted by Gasteiger charge is -2.21. The summed E-state index contributed by atoms with van der Waals surface area (Å²) >= 11 is 0. The van der Waals surface area contributed by atoms with Crippen molar-refractivity contribution in [1.29, 1.82) is 0 Å². The van der Waals surface area contributed by atoms with Crippen LogP contribution in [0.2, 0.25) is 0 Å². The molecule has 1 saturated heterocycles. The van der Waals surface area contributed by atoms with Gasteiger partial charge in [-0.1, -0.05) is 29.3 Å². The summed E-state index contributed by atoms with van der Waals surface area (Å²) in [7, 11) is 1.98. The van der Waals surface area contributed by atoms with Gasteiger partial charge in [0.15, 0.2) is 5.96 Å². The Kier molecular flexibility index (Phi) is 5.96. The van der Waals surface area contributed by atoms with Crippen LogP contribution in [0, 0.1) is 13.8 Å². The van der Waals surface area contributed by atoms with Crippen LogP contribution < -0.4 is 5.32 Å². The maximum atomic E-state index is 4.89. The second kappa shape index (κ2) is 8.39. The summed E-state index contributed by atoms with van der Waals surface area (Å²) in [6.45, 7) is 10.2. The van der Waals surface area contributed by atoms with E-state index >= 15 is 0 Å². The van der Waals surface area contributed by atoms with Gasteiger partial charge >= 0.3 is 0 Å². The van der Waals surface area contributed by atoms with Crippen LogP contribution in [0.4, 0.5) is 0 Å². The molecule has 1 N–H and O–H groups in total. The molecule has 0 bridgehead atoms. The molecule has 3 rings (SSSR count). The number of hydrogen-bond acceptors (Lipinski definition) is 2. The number of aryl methyl sites for hydroxylation is 3. The fourth-order valence-corrected chi connectivity index (χ4v) is 3.81. The van der Waals surface area contributed by atoms with Gasteiger partial charge in [0, 0.05) is 45.3 Å². The molecule has 0 radical (unpaired) electrons. The highest BCUT2D eigenvalue weighted by molar-refractivity contribution is 5.80. The van der Waals surface area contributed by atoms with Crippen molar-refractivity contribution in [3.8, 4) is 0 Å². The van der Waals surface area contributed by atoms with Gasteiger partial charge in [-0.3, -0.25) is 9.67 Å². The highest BCUT2D eigenvalue weighted by atomic mass is 15.3. The van der Waals surface area contributed by atoms with Crippen molar-refractivity contribution in [3.63, 3.8) is 0 Å². The van der Waals surface area contributed by atoms with E-state index in [4.69, 9.17) is 4.99 Å². The lowest BCUT2D eigenvalue weighted by atomic mass is 10.0. The first-order chi connectivity index (χ1) is 12.5. The maximum absolute atomic E-state index is 4.89. The second-order valence-corrected chi connectivity index (χ2v) is 7.36. The maximum Gasteiger partial charge on any atom is 0.193 e. The molecule has 1 aliphatic rings. The van der Waals surface area contributed by atoms with Crippen LogP contribution in [-0.2, 0) is 13.5 Å². The summed E-state index contributed by atoms with van der Waals surface area (Å²) in [4.78, 5) is 7.29. The van der Waals surface area contributed by atoms with Gasteiger partial charge in [0.2, 0.25) is 0 Å². The molecule has 0 saturated carbocycles. The number of nitrogens with zero attached hydrogens (tertiary/aromatic N) is 4. The standard InChI is InChI=1S/C21H31N5/c1-5-22-21(23-8-6-18-11-16(2)10-17(3)12-18)26-9-7-19(15-26)20-13-24-25(4)14-20/h10-14,19H,5-9,15H2,1-4H3,(H,22,23). The highest BCUT2D eigenvalue weighted by Gasteiger charge is 2.26. The van der Waals surface area contributed by atoms with E-state index in [1.54, 1.807) is 0 Å².